The van der Waals surface area contributed by atoms with Crippen molar-refractivity contribution >= 4 is 40.9 Å². The molecule has 0 heterocycles. The SMILES string of the molecule is Cc1cc(C(=O)O)ccc1NC(=O)CSc1ccc(Cl)cc1. The van der Waals surface area contributed by atoms with Crippen molar-refractivity contribution in [1.29, 1.82) is 0 Å². The summed E-state index contributed by atoms with van der Waals surface area (Å²) in [5.41, 5.74) is 1.53. The number of carboxylic acids is 1. The molecule has 2 N–H and O–H groups in total. The average molecular weight is 336 g/mol. The minimum atomic E-state index is -0.987. The van der Waals surface area contributed by atoms with Gasteiger partial charge >= 0.3 is 5.97 Å². The Morgan fingerprint density at radius 3 is 2.45 bits per heavy atom. The van der Waals surface area contributed by atoms with E-state index in [2.05, 4.69) is 5.32 Å². The fraction of sp³-hybridized carbons (Fsp3) is 0.125. The molecule has 1 amide bonds. The molecule has 0 bridgehead atoms. The van der Waals surface area contributed by atoms with Gasteiger partial charge in [0.2, 0.25) is 5.91 Å². The first kappa shape index (κ1) is 16.4. The van der Waals surface area contributed by atoms with Crippen LogP contribution in [-0.4, -0.2) is 22.7 Å². The number of hydrogen-bond acceptors (Lipinski definition) is 3. The van der Waals surface area contributed by atoms with Crippen molar-refractivity contribution in [3.05, 3.63) is 58.6 Å². The Labute approximate surface area is 137 Å². The molecule has 2 rings (SSSR count). The van der Waals surface area contributed by atoms with Crippen molar-refractivity contribution in [3.8, 4) is 0 Å². The van der Waals surface area contributed by atoms with Gasteiger partial charge in [-0.2, -0.15) is 0 Å². The highest BCUT2D eigenvalue weighted by Crippen LogP contribution is 2.21. The van der Waals surface area contributed by atoms with Gasteiger partial charge < -0.3 is 10.4 Å². The Morgan fingerprint density at radius 2 is 1.86 bits per heavy atom. The second-order valence-corrected chi connectivity index (χ2v) is 6.11. The molecule has 0 atom stereocenters. The minimum Gasteiger partial charge on any atom is -0.478 e. The lowest BCUT2D eigenvalue weighted by molar-refractivity contribution is -0.113. The van der Waals surface area contributed by atoms with Crippen LogP contribution in [0.15, 0.2) is 47.4 Å². The number of carbonyl (C=O) groups excluding carboxylic acids is 1. The molecule has 4 nitrogen and oxygen atoms in total. The molecular formula is C16H14ClNO3S. The summed E-state index contributed by atoms with van der Waals surface area (Å²) in [7, 11) is 0. The second-order valence-electron chi connectivity index (χ2n) is 4.63. The molecule has 22 heavy (non-hydrogen) atoms. The molecular weight excluding hydrogens is 322 g/mol. The number of amides is 1. The zero-order valence-corrected chi connectivity index (χ0v) is 13.4. The van der Waals surface area contributed by atoms with Gasteiger partial charge in [0.1, 0.15) is 0 Å². The molecule has 0 unspecified atom stereocenters. The maximum Gasteiger partial charge on any atom is 0.335 e. The zero-order valence-electron chi connectivity index (χ0n) is 11.8. The van der Waals surface area contributed by atoms with Crippen LogP contribution in [0.4, 0.5) is 5.69 Å². The van der Waals surface area contributed by atoms with Gasteiger partial charge in [-0.3, -0.25) is 4.79 Å². The molecule has 2 aromatic rings. The van der Waals surface area contributed by atoms with Crippen LogP contribution in [0.25, 0.3) is 0 Å². The number of hydrogen-bond donors (Lipinski definition) is 2. The molecule has 2 aromatic carbocycles. The van der Waals surface area contributed by atoms with Crippen LogP contribution in [0.3, 0.4) is 0 Å². The predicted molar refractivity (Wildman–Crippen MR) is 88.9 cm³/mol. The number of carbonyl (C=O) groups is 2. The maximum absolute atomic E-state index is 11.9. The number of benzene rings is 2. The summed E-state index contributed by atoms with van der Waals surface area (Å²) in [6.45, 7) is 1.76. The van der Waals surface area contributed by atoms with Crippen molar-refractivity contribution in [2.45, 2.75) is 11.8 Å². The van der Waals surface area contributed by atoms with Gasteiger partial charge in [-0.1, -0.05) is 11.6 Å². The van der Waals surface area contributed by atoms with Crippen LogP contribution < -0.4 is 5.32 Å². The predicted octanol–water partition coefficient (Wildman–Crippen LogP) is 4.08. The Bertz CT molecular complexity index is 701. The summed E-state index contributed by atoms with van der Waals surface area (Å²) in [6, 6.07) is 11.9. The van der Waals surface area contributed by atoms with Crippen LogP contribution >= 0.6 is 23.4 Å². The maximum atomic E-state index is 11.9. The minimum absolute atomic E-state index is 0.147. The summed E-state index contributed by atoms with van der Waals surface area (Å²) < 4.78 is 0. The fourth-order valence-corrected chi connectivity index (χ4v) is 2.63. The first-order valence-electron chi connectivity index (χ1n) is 6.48. The van der Waals surface area contributed by atoms with Gasteiger partial charge in [0.05, 0.1) is 11.3 Å². The molecule has 6 heteroatoms. The zero-order chi connectivity index (χ0) is 16.1. The third kappa shape index (κ3) is 4.51. The smallest absolute Gasteiger partial charge is 0.335 e. The number of aromatic carboxylic acids is 1. The Hall–Kier alpha value is -1.98. The number of nitrogens with one attached hydrogen (secondary N) is 1. The van der Waals surface area contributed by atoms with Crippen molar-refractivity contribution in [3.63, 3.8) is 0 Å². The summed E-state index contributed by atoms with van der Waals surface area (Å²) in [5.74, 6) is -0.868. The highest BCUT2D eigenvalue weighted by Gasteiger charge is 2.09. The normalized spacial score (nSPS) is 10.3. The molecule has 0 aliphatic heterocycles. The average Bonchev–Trinajstić information content (AvgIpc) is 2.48. The van der Waals surface area contributed by atoms with Gasteiger partial charge in [-0.15, -0.1) is 11.8 Å². The van der Waals surface area contributed by atoms with E-state index in [4.69, 9.17) is 16.7 Å². The van der Waals surface area contributed by atoms with Crippen LogP contribution in [-0.2, 0) is 4.79 Å². The first-order chi connectivity index (χ1) is 10.5. The third-order valence-corrected chi connectivity index (χ3v) is 4.20. The highest BCUT2D eigenvalue weighted by molar-refractivity contribution is 8.00. The molecule has 0 spiro atoms. The van der Waals surface area contributed by atoms with Gasteiger partial charge in [0, 0.05) is 15.6 Å². The Morgan fingerprint density at radius 1 is 1.18 bits per heavy atom. The van der Waals surface area contributed by atoms with E-state index in [-0.39, 0.29) is 17.2 Å². The molecule has 0 fully saturated rings. The lowest BCUT2D eigenvalue weighted by atomic mass is 10.1. The van der Waals surface area contributed by atoms with Gasteiger partial charge in [-0.25, -0.2) is 4.79 Å². The fourth-order valence-electron chi connectivity index (χ4n) is 1.80. The van der Waals surface area contributed by atoms with E-state index in [1.54, 1.807) is 25.1 Å². The van der Waals surface area contributed by atoms with E-state index in [0.29, 0.717) is 16.3 Å². The van der Waals surface area contributed by atoms with E-state index in [1.807, 2.05) is 12.1 Å². The molecule has 0 aliphatic carbocycles. The quantitative estimate of drug-likeness (QED) is 0.808. The number of halogens is 1. The second kappa shape index (κ2) is 7.33. The molecule has 0 aliphatic rings. The molecule has 0 saturated carbocycles. The van der Waals surface area contributed by atoms with Crippen LogP contribution in [0.2, 0.25) is 5.02 Å². The molecule has 0 aromatic heterocycles. The number of carboxylic acid groups (broad SMARTS) is 1. The van der Waals surface area contributed by atoms with Crippen LogP contribution in [0, 0.1) is 6.92 Å². The van der Waals surface area contributed by atoms with E-state index in [1.165, 1.54) is 23.9 Å². The number of aryl methyl sites for hydroxylation is 1. The summed E-state index contributed by atoms with van der Waals surface area (Å²) in [4.78, 5) is 23.8. The summed E-state index contributed by atoms with van der Waals surface area (Å²) in [6.07, 6.45) is 0. The number of anilines is 1. The number of rotatable bonds is 5. The third-order valence-electron chi connectivity index (χ3n) is 2.93. The van der Waals surface area contributed by atoms with Gasteiger partial charge in [-0.05, 0) is 55.0 Å². The largest absolute Gasteiger partial charge is 0.478 e. The Kier molecular flexibility index (Phi) is 5.46. The van der Waals surface area contributed by atoms with Gasteiger partial charge in [0.15, 0.2) is 0 Å². The van der Waals surface area contributed by atoms with E-state index >= 15 is 0 Å². The molecule has 0 saturated heterocycles. The lowest BCUT2D eigenvalue weighted by Crippen LogP contribution is -2.15. The van der Waals surface area contributed by atoms with E-state index in [0.717, 1.165) is 4.90 Å². The van der Waals surface area contributed by atoms with Crippen molar-refractivity contribution in [2.75, 3.05) is 11.1 Å². The molecule has 114 valence electrons. The van der Waals surface area contributed by atoms with E-state index < -0.39 is 5.97 Å². The first-order valence-corrected chi connectivity index (χ1v) is 7.84. The topological polar surface area (TPSA) is 66.4 Å². The monoisotopic (exact) mass is 335 g/mol. The summed E-state index contributed by atoms with van der Waals surface area (Å²) in [5, 5.41) is 12.3. The Balaban J connectivity index is 1.94. The number of thioether (sulfide) groups is 1. The van der Waals surface area contributed by atoms with Crippen LogP contribution in [0.1, 0.15) is 15.9 Å². The van der Waals surface area contributed by atoms with Crippen molar-refractivity contribution in [1.82, 2.24) is 0 Å². The van der Waals surface area contributed by atoms with Crippen molar-refractivity contribution < 1.29 is 14.7 Å². The standard InChI is InChI=1S/C16H14ClNO3S/c1-10-8-11(16(20)21)2-7-14(10)18-15(19)9-22-13-5-3-12(17)4-6-13/h2-8H,9H2,1H3,(H,18,19)(H,20,21). The van der Waals surface area contributed by atoms with Gasteiger partial charge in [0.25, 0.3) is 0 Å². The summed E-state index contributed by atoms with van der Waals surface area (Å²) >= 11 is 7.21. The van der Waals surface area contributed by atoms with Crippen molar-refractivity contribution in [2.24, 2.45) is 0 Å². The highest BCUT2D eigenvalue weighted by atomic mass is 35.5. The lowest BCUT2D eigenvalue weighted by Gasteiger charge is -2.09. The molecule has 0 radical (unpaired) electrons. The van der Waals surface area contributed by atoms with Crippen LogP contribution in [0.5, 0.6) is 0 Å². The van der Waals surface area contributed by atoms with E-state index in [9.17, 15) is 9.59 Å².